The van der Waals surface area contributed by atoms with E-state index >= 15 is 0 Å². The fourth-order valence-electron chi connectivity index (χ4n) is 3.94. The number of hydrogen-bond donors (Lipinski definition) is 1. The highest BCUT2D eigenvalue weighted by Gasteiger charge is 2.39. The van der Waals surface area contributed by atoms with Crippen LogP contribution in [0.2, 0.25) is 0 Å². The Morgan fingerprint density at radius 1 is 1.21 bits per heavy atom. The summed E-state index contributed by atoms with van der Waals surface area (Å²) in [4.78, 5) is 30.5. The summed E-state index contributed by atoms with van der Waals surface area (Å²) < 4.78 is 51.2. The zero-order chi connectivity index (χ0) is 24.6. The zero-order valence-electron chi connectivity index (χ0n) is 18.2. The second-order valence-electron chi connectivity index (χ2n) is 7.70. The molecule has 0 fully saturated rings. The monoisotopic (exact) mass is 471 g/mol. The fraction of sp³-hybridized carbons (Fsp3) is 0.208. The molecule has 0 saturated carbocycles. The van der Waals surface area contributed by atoms with Gasteiger partial charge in [-0.25, -0.2) is 4.79 Å². The van der Waals surface area contributed by atoms with E-state index in [4.69, 9.17) is 15.2 Å². The van der Waals surface area contributed by atoms with Gasteiger partial charge in [-0.1, -0.05) is 18.2 Å². The topological polar surface area (TPSA) is 96.4 Å². The normalized spacial score (nSPS) is 15.5. The molecule has 34 heavy (non-hydrogen) atoms. The minimum Gasteiger partial charge on any atom is -0.465 e. The lowest BCUT2D eigenvalue weighted by Gasteiger charge is -2.29. The van der Waals surface area contributed by atoms with Gasteiger partial charge in [-0.15, -0.1) is 0 Å². The number of aryl methyl sites for hydroxylation is 1. The summed E-state index contributed by atoms with van der Waals surface area (Å²) in [7, 11) is 1.14. The van der Waals surface area contributed by atoms with E-state index in [9.17, 15) is 22.8 Å². The van der Waals surface area contributed by atoms with E-state index in [0.29, 0.717) is 11.4 Å². The van der Waals surface area contributed by atoms with Crippen molar-refractivity contribution in [1.82, 2.24) is 9.55 Å². The molecule has 2 aromatic heterocycles. The third-order valence-corrected chi connectivity index (χ3v) is 5.59. The Hall–Kier alpha value is -4.08. The molecule has 1 aliphatic heterocycles. The van der Waals surface area contributed by atoms with Gasteiger partial charge in [-0.3, -0.25) is 9.78 Å². The Morgan fingerprint density at radius 2 is 1.91 bits per heavy atom. The highest BCUT2D eigenvalue weighted by Crippen LogP contribution is 2.42. The average molecular weight is 471 g/mol. The molecule has 4 rings (SSSR count). The van der Waals surface area contributed by atoms with Crippen LogP contribution in [0, 0.1) is 6.92 Å². The molecule has 0 bridgehead atoms. The molecule has 0 amide bonds. The quantitative estimate of drug-likeness (QED) is 0.586. The van der Waals surface area contributed by atoms with E-state index in [1.807, 2.05) is 0 Å². The lowest BCUT2D eigenvalue weighted by molar-refractivity contribution is -0.138. The van der Waals surface area contributed by atoms with Gasteiger partial charge in [0.05, 0.1) is 36.4 Å². The van der Waals surface area contributed by atoms with Crippen LogP contribution < -0.4 is 16.0 Å². The van der Waals surface area contributed by atoms with E-state index in [-0.39, 0.29) is 34.9 Å². The van der Waals surface area contributed by atoms with Crippen molar-refractivity contribution in [2.45, 2.75) is 25.6 Å². The second kappa shape index (κ2) is 8.69. The number of alkyl halides is 3. The van der Waals surface area contributed by atoms with Crippen molar-refractivity contribution in [1.29, 1.82) is 0 Å². The molecule has 0 spiro atoms. The number of ether oxygens (including phenoxy) is 2. The van der Waals surface area contributed by atoms with Crippen molar-refractivity contribution in [2.24, 2.45) is 5.73 Å². The Bertz CT molecular complexity index is 1330. The first kappa shape index (κ1) is 23.1. The Morgan fingerprint density at radius 3 is 2.50 bits per heavy atom. The number of aromatic nitrogens is 2. The number of halogens is 3. The summed E-state index contributed by atoms with van der Waals surface area (Å²) in [5.74, 6) is -2.12. The third-order valence-electron chi connectivity index (χ3n) is 5.59. The largest absolute Gasteiger partial charge is 0.465 e. The molecule has 10 heteroatoms. The summed E-state index contributed by atoms with van der Waals surface area (Å²) >= 11 is 0. The molecule has 1 aliphatic rings. The highest BCUT2D eigenvalue weighted by atomic mass is 19.4. The Kier molecular flexibility index (Phi) is 5.90. The molecule has 1 aromatic carbocycles. The molecular formula is C24H20F3N3O4. The lowest BCUT2D eigenvalue weighted by Crippen LogP contribution is -2.35. The maximum atomic E-state index is 13.7. The summed E-state index contributed by atoms with van der Waals surface area (Å²) in [6, 6.07) is 11.1. The van der Waals surface area contributed by atoms with Crippen LogP contribution in [0.15, 0.2) is 71.0 Å². The predicted octanol–water partition coefficient (Wildman–Crippen LogP) is 3.49. The molecule has 3 heterocycles. The first-order valence-corrected chi connectivity index (χ1v) is 10.2. The average Bonchev–Trinajstić information content (AvgIpc) is 2.80. The van der Waals surface area contributed by atoms with Crippen LogP contribution in [0.3, 0.4) is 0 Å². The van der Waals surface area contributed by atoms with Gasteiger partial charge in [0.15, 0.2) is 0 Å². The van der Waals surface area contributed by atoms with Crippen LogP contribution in [-0.4, -0.2) is 22.6 Å². The number of rotatable bonds is 4. The molecule has 7 nitrogen and oxygen atoms in total. The van der Waals surface area contributed by atoms with Gasteiger partial charge in [0.2, 0.25) is 5.88 Å². The van der Waals surface area contributed by atoms with Crippen LogP contribution >= 0.6 is 0 Å². The van der Waals surface area contributed by atoms with Gasteiger partial charge in [-0.05, 0) is 36.8 Å². The Balaban J connectivity index is 1.92. The van der Waals surface area contributed by atoms with Crippen LogP contribution in [0.1, 0.15) is 34.0 Å². The van der Waals surface area contributed by atoms with Gasteiger partial charge in [0.1, 0.15) is 11.3 Å². The lowest BCUT2D eigenvalue weighted by atomic mass is 9.83. The van der Waals surface area contributed by atoms with Crippen molar-refractivity contribution < 1.29 is 27.4 Å². The molecule has 1 atom stereocenters. The van der Waals surface area contributed by atoms with Crippen molar-refractivity contribution >= 4 is 5.97 Å². The van der Waals surface area contributed by atoms with Gasteiger partial charge >= 0.3 is 12.1 Å². The SMILES string of the molecule is COC(=O)C1=C(N)Oc2cc(C)n(Cc3ccccn3)c(=O)c2[C@H]1c1ccc(C(F)(F)F)cc1. The molecule has 0 aliphatic carbocycles. The zero-order valence-corrected chi connectivity index (χ0v) is 18.2. The number of nitrogens with two attached hydrogens (primary N) is 1. The predicted molar refractivity (Wildman–Crippen MR) is 116 cm³/mol. The molecule has 2 N–H and O–H groups in total. The van der Waals surface area contributed by atoms with Crippen LogP contribution in [0.25, 0.3) is 0 Å². The Labute approximate surface area is 192 Å². The van der Waals surface area contributed by atoms with E-state index in [2.05, 4.69) is 4.98 Å². The summed E-state index contributed by atoms with van der Waals surface area (Å²) in [6.07, 6.45) is -2.94. The third kappa shape index (κ3) is 4.14. The summed E-state index contributed by atoms with van der Waals surface area (Å²) in [5, 5.41) is 0. The van der Waals surface area contributed by atoms with E-state index in [1.54, 1.807) is 37.4 Å². The molecular weight excluding hydrogens is 451 g/mol. The number of pyridine rings is 2. The number of nitrogens with zero attached hydrogens (tertiary/aromatic N) is 2. The number of benzene rings is 1. The van der Waals surface area contributed by atoms with Crippen LogP contribution in [0.4, 0.5) is 13.2 Å². The summed E-state index contributed by atoms with van der Waals surface area (Å²) in [6.45, 7) is 1.85. The van der Waals surface area contributed by atoms with Crippen LogP contribution in [-0.2, 0) is 22.3 Å². The van der Waals surface area contributed by atoms with E-state index < -0.39 is 29.2 Å². The minimum absolute atomic E-state index is 0.0656. The number of carbonyl (C=O) groups is 1. The smallest absolute Gasteiger partial charge is 0.416 e. The number of hydrogen-bond acceptors (Lipinski definition) is 6. The second-order valence-corrected chi connectivity index (χ2v) is 7.70. The summed E-state index contributed by atoms with van der Waals surface area (Å²) in [5.41, 5.74) is 6.00. The van der Waals surface area contributed by atoms with Crippen molar-refractivity contribution in [3.63, 3.8) is 0 Å². The minimum atomic E-state index is -4.54. The molecule has 3 aromatic rings. The van der Waals surface area contributed by atoms with Crippen molar-refractivity contribution in [3.8, 4) is 5.75 Å². The maximum Gasteiger partial charge on any atom is 0.416 e. The van der Waals surface area contributed by atoms with E-state index in [1.165, 1.54) is 16.7 Å². The van der Waals surface area contributed by atoms with Gasteiger partial charge < -0.3 is 19.8 Å². The highest BCUT2D eigenvalue weighted by molar-refractivity contribution is 5.92. The molecule has 0 unspecified atom stereocenters. The molecule has 0 saturated heterocycles. The number of fused-ring (bicyclic) bond motifs is 1. The molecule has 0 radical (unpaired) electrons. The van der Waals surface area contributed by atoms with Gasteiger partial charge in [-0.2, -0.15) is 13.2 Å². The first-order valence-electron chi connectivity index (χ1n) is 10.2. The van der Waals surface area contributed by atoms with Gasteiger partial charge in [0.25, 0.3) is 5.56 Å². The number of methoxy groups -OCH3 is 1. The number of esters is 1. The van der Waals surface area contributed by atoms with E-state index in [0.717, 1.165) is 19.2 Å². The maximum absolute atomic E-state index is 13.7. The van der Waals surface area contributed by atoms with Crippen LogP contribution in [0.5, 0.6) is 5.75 Å². The standard InChI is InChI=1S/C24H20F3N3O4/c1-13-11-17-19(22(31)30(13)12-16-5-3-4-10-29-16)18(20(21(28)34-17)23(32)33-2)14-6-8-15(9-7-14)24(25,26)27/h3-11,18H,12,28H2,1-2H3/t18-/m1/s1. The van der Waals surface area contributed by atoms with Crippen molar-refractivity contribution in [2.75, 3.05) is 7.11 Å². The van der Waals surface area contributed by atoms with Crippen molar-refractivity contribution in [3.05, 3.63) is 105 Å². The number of carbonyl (C=O) groups excluding carboxylic acids is 1. The first-order chi connectivity index (χ1) is 16.1. The fourth-order valence-corrected chi connectivity index (χ4v) is 3.94. The molecule has 176 valence electrons. The van der Waals surface area contributed by atoms with Gasteiger partial charge in [0, 0.05) is 18.0 Å².